The van der Waals surface area contributed by atoms with E-state index in [9.17, 15) is 4.79 Å². The van der Waals surface area contributed by atoms with Crippen molar-refractivity contribution < 1.29 is 14.3 Å². The molecule has 1 atom stereocenters. The Morgan fingerprint density at radius 2 is 1.67 bits per heavy atom. The lowest BCUT2D eigenvalue weighted by Crippen LogP contribution is -2.15. The number of benzene rings is 2. The zero-order valence-corrected chi connectivity index (χ0v) is 14.7. The van der Waals surface area contributed by atoms with Crippen LogP contribution in [0.15, 0.2) is 48.5 Å². The summed E-state index contributed by atoms with van der Waals surface area (Å²) < 4.78 is 10.9. The molecule has 0 amide bonds. The first-order chi connectivity index (χ1) is 11.7. The second-order valence-corrected chi connectivity index (χ2v) is 5.92. The fraction of sp³-hybridized carbons (Fsp3) is 0.381. The summed E-state index contributed by atoms with van der Waals surface area (Å²) >= 11 is 0. The van der Waals surface area contributed by atoms with Gasteiger partial charge in [-0.25, -0.2) is 4.79 Å². The molecule has 0 fully saturated rings. The van der Waals surface area contributed by atoms with Crippen molar-refractivity contribution in [2.45, 2.75) is 52.6 Å². The molecule has 0 saturated heterocycles. The third-order valence-corrected chi connectivity index (χ3v) is 3.98. The standard InChI is InChI=1S/C21H26O3/c1-4-10-18-14-9-15-20(19(18)11-5-2)24-21(22)23-16(3)17-12-7-6-8-13-17/h6-9,12-16H,4-5,10-11H2,1-3H3. The van der Waals surface area contributed by atoms with Gasteiger partial charge in [-0.2, -0.15) is 0 Å². The summed E-state index contributed by atoms with van der Waals surface area (Å²) in [7, 11) is 0. The average Bonchev–Trinajstić information content (AvgIpc) is 2.58. The summed E-state index contributed by atoms with van der Waals surface area (Å²) in [5, 5.41) is 0. The number of rotatable bonds is 7. The van der Waals surface area contributed by atoms with E-state index in [1.165, 1.54) is 5.56 Å². The first-order valence-corrected chi connectivity index (χ1v) is 8.69. The second-order valence-electron chi connectivity index (χ2n) is 5.92. The van der Waals surface area contributed by atoms with Crippen LogP contribution in [0, 0.1) is 0 Å². The van der Waals surface area contributed by atoms with Crippen LogP contribution in [0.2, 0.25) is 0 Å². The Morgan fingerprint density at radius 3 is 2.33 bits per heavy atom. The topological polar surface area (TPSA) is 35.5 Å². The predicted molar refractivity (Wildman–Crippen MR) is 96.4 cm³/mol. The van der Waals surface area contributed by atoms with Crippen LogP contribution in [-0.4, -0.2) is 6.16 Å². The molecule has 2 rings (SSSR count). The van der Waals surface area contributed by atoms with Gasteiger partial charge in [0.25, 0.3) is 0 Å². The first kappa shape index (κ1) is 18.1. The van der Waals surface area contributed by atoms with Gasteiger partial charge in [-0.05, 0) is 42.5 Å². The van der Waals surface area contributed by atoms with Crippen molar-refractivity contribution in [1.82, 2.24) is 0 Å². The van der Waals surface area contributed by atoms with E-state index in [0.717, 1.165) is 36.8 Å². The Morgan fingerprint density at radius 1 is 0.958 bits per heavy atom. The number of hydrogen-bond acceptors (Lipinski definition) is 3. The average molecular weight is 326 g/mol. The van der Waals surface area contributed by atoms with Crippen molar-refractivity contribution in [1.29, 1.82) is 0 Å². The van der Waals surface area contributed by atoms with Crippen LogP contribution in [0.3, 0.4) is 0 Å². The molecule has 3 heteroatoms. The highest BCUT2D eigenvalue weighted by atomic mass is 16.7. The number of aryl methyl sites for hydroxylation is 1. The Labute approximate surface area is 144 Å². The van der Waals surface area contributed by atoms with Gasteiger partial charge >= 0.3 is 6.16 Å². The van der Waals surface area contributed by atoms with E-state index in [1.807, 2.05) is 49.4 Å². The largest absolute Gasteiger partial charge is 0.514 e. The lowest BCUT2D eigenvalue weighted by Gasteiger charge is -2.16. The summed E-state index contributed by atoms with van der Waals surface area (Å²) in [6, 6.07) is 15.5. The Kier molecular flexibility index (Phi) is 6.86. The van der Waals surface area contributed by atoms with Gasteiger partial charge in [-0.1, -0.05) is 69.2 Å². The van der Waals surface area contributed by atoms with Gasteiger partial charge in [0.1, 0.15) is 11.9 Å². The lowest BCUT2D eigenvalue weighted by molar-refractivity contribution is 0.0652. The molecule has 1 unspecified atom stereocenters. The van der Waals surface area contributed by atoms with Crippen molar-refractivity contribution in [2.24, 2.45) is 0 Å². The van der Waals surface area contributed by atoms with Crippen LogP contribution in [0.25, 0.3) is 0 Å². The minimum atomic E-state index is -0.655. The third kappa shape index (κ3) is 4.85. The monoisotopic (exact) mass is 326 g/mol. The van der Waals surface area contributed by atoms with Gasteiger partial charge in [-0.3, -0.25) is 0 Å². The maximum Gasteiger partial charge on any atom is 0.514 e. The van der Waals surface area contributed by atoms with Crippen molar-refractivity contribution in [2.75, 3.05) is 0 Å². The first-order valence-electron chi connectivity index (χ1n) is 8.69. The molecule has 24 heavy (non-hydrogen) atoms. The fourth-order valence-corrected chi connectivity index (χ4v) is 2.79. The van der Waals surface area contributed by atoms with Gasteiger partial charge in [0.2, 0.25) is 0 Å². The maximum atomic E-state index is 12.2. The molecule has 128 valence electrons. The number of carbonyl (C=O) groups is 1. The lowest BCUT2D eigenvalue weighted by atomic mass is 9.99. The molecule has 0 bridgehead atoms. The third-order valence-electron chi connectivity index (χ3n) is 3.98. The molecule has 0 saturated carbocycles. The van der Waals surface area contributed by atoms with Gasteiger partial charge < -0.3 is 9.47 Å². The van der Waals surface area contributed by atoms with Crippen LogP contribution < -0.4 is 4.74 Å². The smallest absolute Gasteiger partial charge is 0.426 e. The van der Waals surface area contributed by atoms with Crippen LogP contribution in [-0.2, 0) is 17.6 Å². The SMILES string of the molecule is CCCc1cccc(OC(=O)OC(C)c2ccccc2)c1CCC. The molecule has 0 aliphatic heterocycles. The Bertz CT molecular complexity index is 649. The van der Waals surface area contributed by atoms with E-state index in [1.54, 1.807) is 0 Å². The molecule has 0 radical (unpaired) electrons. The number of carbonyl (C=O) groups excluding carboxylic acids is 1. The van der Waals surface area contributed by atoms with E-state index in [0.29, 0.717) is 5.75 Å². The Balaban J connectivity index is 2.09. The molecule has 0 aliphatic rings. The second kappa shape index (κ2) is 9.11. The normalized spacial score (nSPS) is 11.8. The highest BCUT2D eigenvalue weighted by Crippen LogP contribution is 2.26. The molecule has 0 heterocycles. The minimum Gasteiger partial charge on any atom is -0.426 e. The van der Waals surface area contributed by atoms with Crippen molar-refractivity contribution in [3.05, 3.63) is 65.2 Å². The van der Waals surface area contributed by atoms with Crippen LogP contribution >= 0.6 is 0 Å². The molecule has 3 nitrogen and oxygen atoms in total. The summed E-state index contributed by atoms with van der Waals surface area (Å²) in [6.07, 6.45) is 2.96. The molecule has 2 aromatic rings. The molecule has 2 aromatic carbocycles. The predicted octanol–water partition coefficient (Wildman–Crippen LogP) is 5.87. The zero-order chi connectivity index (χ0) is 17.4. The zero-order valence-electron chi connectivity index (χ0n) is 14.7. The van der Waals surface area contributed by atoms with Crippen molar-refractivity contribution >= 4 is 6.16 Å². The van der Waals surface area contributed by atoms with Gasteiger partial charge in [0.15, 0.2) is 0 Å². The summed E-state index contributed by atoms with van der Waals surface area (Å²) in [5.41, 5.74) is 3.31. The molecule has 0 N–H and O–H groups in total. The van der Waals surface area contributed by atoms with E-state index in [2.05, 4.69) is 19.9 Å². The van der Waals surface area contributed by atoms with Gasteiger partial charge in [0, 0.05) is 0 Å². The van der Waals surface area contributed by atoms with Gasteiger partial charge in [-0.15, -0.1) is 0 Å². The fourth-order valence-electron chi connectivity index (χ4n) is 2.79. The maximum absolute atomic E-state index is 12.2. The summed E-state index contributed by atoms with van der Waals surface area (Å²) in [4.78, 5) is 12.2. The van der Waals surface area contributed by atoms with Crippen molar-refractivity contribution in [3.63, 3.8) is 0 Å². The summed E-state index contributed by atoms with van der Waals surface area (Å²) in [5.74, 6) is 0.619. The van der Waals surface area contributed by atoms with Crippen LogP contribution in [0.5, 0.6) is 5.75 Å². The van der Waals surface area contributed by atoms with E-state index >= 15 is 0 Å². The highest BCUT2D eigenvalue weighted by molar-refractivity contribution is 5.65. The van der Waals surface area contributed by atoms with E-state index in [4.69, 9.17) is 9.47 Å². The molecule has 0 spiro atoms. The van der Waals surface area contributed by atoms with E-state index < -0.39 is 6.16 Å². The number of hydrogen-bond donors (Lipinski definition) is 0. The van der Waals surface area contributed by atoms with Crippen LogP contribution in [0.1, 0.15) is 56.4 Å². The number of ether oxygens (including phenoxy) is 2. The van der Waals surface area contributed by atoms with Crippen molar-refractivity contribution in [3.8, 4) is 5.75 Å². The molecular formula is C21H26O3. The highest BCUT2D eigenvalue weighted by Gasteiger charge is 2.16. The molecule has 0 aromatic heterocycles. The molecular weight excluding hydrogens is 300 g/mol. The Hall–Kier alpha value is -2.29. The van der Waals surface area contributed by atoms with E-state index in [-0.39, 0.29) is 6.10 Å². The summed E-state index contributed by atoms with van der Waals surface area (Å²) in [6.45, 7) is 6.12. The van der Waals surface area contributed by atoms with Crippen LogP contribution in [0.4, 0.5) is 4.79 Å². The minimum absolute atomic E-state index is 0.341. The molecule has 0 aliphatic carbocycles. The van der Waals surface area contributed by atoms with Gasteiger partial charge in [0.05, 0.1) is 0 Å². The quantitative estimate of drug-likeness (QED) is 0.471.